The molecule has 0 heterocycles. The van der Waals surface area contributed by atoms with Gasteiger partial charge in [-0.1, -0.05) is 0 Å². The molecule has 0 aliphatic carbocycles. The van der Waals surface area contributed by atoms with Gasteiger partial charge in [0.15, 0.2) is 11.5 Å². The molecular formula is C8H10O4. The Hall–Kier alpha value is -1.71. The zero-order chi connectivity index (χ0) is 9.14. The fourth-order valence-corrected chi connectivity index (χ4v) is 0.823. The largest absolute Gasteiger partial charge is 0.504 e. The number of rotatable bonds is 2. The summed E-state index contributed by atoms with van der Waals surface area (Å²) in [6.07, 6.45) is 0. The molecule has 0 amide bonds. The molecule has 1 aromatic rings. The van der Waals surface area contributed by atoms with Crippen LogP contribution in [0, 0.1) is 0 Å². The number of carboxylic acids is 1. The van der Waals surface area contributed by atoms with Gasteiger partial charge in [-0.25, -0.2) is 4.79 Å². The average Bonchev–Trinajstić information content (AvgIpc) is 2.04. The van der Waals surface area contributed by atoms with Crippen LogP contribution in [0.2, 0.25) is 0 Å². The Morgan fingerprint density at radius 1 is 1.58 bits per heavy atom. The van der Waals surface area contributed by atoms with Gasteiger partial charge in [0, 0.05) is 1.43 Å². The van der Waals surface area contributed by atoms with Gasteiger partial charge in [0.25, 0.3) is 0 Å². The molecule has 0 spiro atoms. The van der Waals surface area contributed by atoms with Crippen LogP contribution in [-0.2, 0) is 0 Å². The molecule has 0 saturated heterocycles. The highest BCUT2D eigenvalue weighted by Gasteiger charge is 2.06. The summed E-state index contributed by atoms with van der Waals surface area (Å²) < 4.78 is 4.74. The number of benzene rings is 1. The number of carboxylic acid groups (broad SMARTS) is 1. The van der Waals surface area contributed by atoms with Crippen LogP contribution in [0.25, 0.3) is 0 Å². The van der Waals surface area contributed by atoms with Gasteiger partial charge in [-0.2, -0.15) is 0 Å². The van der Waals surface area contributed by atoms with E-state index in [0.717, 1.165) is 6.07 Å². The molecule has 4 nitrogen and oxygen atoms in total. The third-order valence-electron chi connectivity index (χ3n) is 1.43. The van der Waals surface area contributed by atoms with Crippen molar-refractivity contribution in [1.29, 1.82) is 0 Å². The quantitative estimate of drug-likeness (QED) is 0.702. The monoisotopic (exact) mass is 170 g/mol. The van der Waals surface area contributed by atoms with Crippen molar-refractivity contribution in [3.8, 4) is 11.5 Å². The van der Waals surface area contributed by atoms with E-state index in [1.54, 1.807) is 0 Å². The number of hydrogen-bond donors (Lipinski definition) is 2. The SMILES string of the molecule is COc1ccc(C(=O)O)cc1O.[HH]. The summed E-state index contributed by atoms with van der Waals surface area (Å²) in [4.78, 5) is 10.4. The van der Waals surface area contributed by atoms with Crippen LogP contribution in [0.15, 0.2) is 18.2 Å². The molecule has 0 atom stereocenters. The molecule has 1 aromatic carbocycles. The molecule has 0 fully saturated rings. The minimum Gasteiger partial charge on any atom is -0.504 e. The van der Waals surface area contributed by atoms with Crippen molar-refractivity contribution in [2.75, 3.05) is 7.11 Å². The number of carbonyl (C=O) groups is 1. The lowest BCUT2D eigenvalue weighted by atomic mass is 10.2. The second-order valence-electron chi connectivity index (χ2n) is 2.19. The number of phenolic OH excluding ortho intramolecular Hbond substituents is 1. The van der Waals surface area contributed by atoms with Gasteiger partial charge in [0.05, 0.1) is 12.7 Å². The average molecular weight is 170 g/mol. The summed E-state index contributed by atoms with van der Waals surface area (Å²) in [6, 6.07) is 3.90. The number of methoxy groups -OCH3 is 1. The third kappa shape index (κ3) is 1.47. The number of hydrogen-bond acceptors (Lipinski definition) is 3. The molecule has 1 rings (SSSR count). The second-order valence-corrected chi connectivity index (χ2v) is 2.19. The number of ether oxygens (including phenoxy) is 1. The molecule has 66 valence electrons. The molecule has 0 bridgehead atoms. The zero-order valence-corrected chi connectivity index (χ0v) is 6.44. The molecule has 0 aliphatic heterocycles. The molecule has 0 aliphatic rings. The van der Waals surface area contributed by atoms with E-state index in [0.29, 0.717) is 0 Å². The Balaban J connectivity index is 0.00000144. The first-order valence-corrected chi connectivity index (χ1v) is 3.25. The van der Waals surface area contributed by atoms with Crippen molar-refractivity contribution in [3.63, 3.8) is 0 Å². The van der Waals surface area contributed by atoms with Crippen molar-refractivity contribution in [1.82, 2.24) is 0 Å². The van der Waals surface area contributed by atoms with Gasteiger partial charge in [-0.15, -0.1) is 0 Å². The Morgan fingerprint density at radius 2 is 2.25 bits per heavy atom. The molecule has 12 heavy (non-hydrogen) atoms. The Kier molecular flexibility index (Phi) is 2.19. The van der Waals surface area contributed by atoms with Gasteiger partial charge in [-0.05, 0) is 18.2 Å². The van der Waals surface area contributed by atoms with Crippen LogP contribution in [0.1, 0.15) is 11.8 Å². The van der Waals surface area contributed by atoms with Crippen LogP contribution in [0.4, 0.5) is 0 Å². The normalized spacial score (nSPS) is 9.42. The maximum Gasteiger partial charge on any atom is 0.335 e. The lowest BCUT2D eigenvalue weighted by Gasteiger charge is -2.02. The van der Waals surface area contributed by atoms with Crippen LogP contribution < -0.4 is 4.74 Å². The third-order valence-corrected chi connectivity index (χ3v) is 1.43. The zero-order valence-electron chi connectivity index (χ0n) is 6.44. The van der Waals surface area contributed by atoms with Crippen molar-refractivity contribution in [3.05, 3.63) is 23.8 Å². The number of aromatic hydroxyl groups is 1. The van der Waals surface area contributed by atoms with Crippen molar-refractivity contribution < 1.29 is 21.2 Å². The summed E-state index contributed by atoms with van der Waals surface area (Å²) in [5.41, 5.74) is 0.0355. The lowest BCUT2D eigenvalue weighted by Crippen LogP contribution is -1.95. The number of phenols is 1. The van der Waals surface area contributed by atoms with Gasteiger partial charge >= 0.3 is 5.97 Å². The highest BCUT2D eigenvalue weighted by atomic mass is 16.5. The predicted octanol–water partition coefficient (Wildman–Crippen LogP) is 1.34. The first-order valence-electron chi connectivity index (χ1n) is 3.25. The molecule has 0 saturated carbocycles. The van der Waals surface area contributed by atoms with Gasteiger partial charge in [0.2, 0.25) is 0 Å². The minimum atomic E-state index is -1.08. The first-order chi connectivity index (χ1) is 5.65. The topological polar surface area (TPSA) is 66.8 Å². The van der Waals surface area contributed by atoms with E-state index in [-0.39, 0.29) is 18.5 Å². The van der Waals surface area contributed by atoms with Crippen LogP contribution >= 0.6 is 0 Å². The second kappa shape index (κ2) is 3.13. The van der Waals surface area contributed by atoms with Crippen molar-refractivity contribution in [2.45, 2.75) is 0 Å². The van der Waals surface area contributed by atoms with Crippen LogP contribution in [0.3, 0.4) is 0 Å². The van der Waals surface area contributed by atoms with E-state index in [1.165, 1.54) is 19.2 Å². The Labute approximate surface area is 70.5 Å². The summed E-state index contributed by atoms with van der Waals surface area (Å²) in [5.74, 6) is -0.981. The molecule has 0 radical (unpaired) electrons. The fourth-order valence-electron chi connectivity index (χ4n) is 0.823. The Bertz CT molecular complexity index is 311. The van der Waals surface area contributed by atoms with Crippen molar-refractivity contribution >= 4 is 5.97 Å². The van der Waals surface area contributed by atoms with Gasteiger partial charge in [-0.3, -0.25) is 0 Å². The summed E-state index contributed by atoms with van der Waals surface area (Å²) in [7, 11) is 1.40. The minimum absolute atomic E-state index is 0. The highest BCUT2D eigenvalue weighted by Crippen LogP contribution is 2.25. The van der Waals surface area contributed by atoms with Crippen LogP contribution in [-0.4, -0.2) is 23.3 Å². The van der Waals surface area contributed by atoms with Gasteiger partial charge in [0.1, 0.15) is 0 Å². The van der Waals surface area contributed by atoms with Crippen LogP contribution in [0.5, 0.6) is 11.5 Å². The van der Waals surface area contributed by atoms with E-state index in [2.05, 4.69) is 0 Å². The smallest absolute Gasteiger partial charge is 0.335 e. The molecule has 2 N–H and O–H groups in total. The molecule has 4 heteroatoms. The lowest BCUT2D eigenvalue weighted by molar-refractivity contribution is 0.0696. The van der Waals surface area contributed by atoms with Gasteiger partial charge < -0.3 is 14.9 Å². The Morgan fingerprint density at radius 3 is 2.67 bits per heavy atom. The molecule has 0 unspecified atom stereocenters. The molecular weight excluding hydrogens is 160 g/mol. The summed E-state index contributed by atoms with van der Waals surface area (Å²) in [6.45, 7) is 0. The maximum absolute atomic E-state index is 10.4. The van der Waals surface area contributed by atoms with E-state index < -0.39 is 5.97 Å². The highest BCUT2D eigenvalue weighted by molar-refractivity contribution is 5.88. The molecule has 0 aromatic heterocycles. The first kappa shape index (κ1) is 8.39. The number of aromatic carboxylic acids is 1. The van der Waals surface area contributed by atoms with E-state index in [9.17, 15) is 4.79 Å². The van der Waals surface area contributed by atoms with E-state index in [4.69, 9.17) is 14.9 Å². The summed E-state index contributed by atoms with van der Waals surface area (Å²) >= 11 is 0. The maximum atomic E-state index is 10.4. The standard InChI is InChI=1S/C8H8O4.H2/c1-12-7-3-2-5(8(10)11)4-6(7)9;/h2-4,9H,1H3,(H,10,11);1H. The fraction of sp³-hybridized carbons (Fsp3) is 0.125. The van der Waals surface area contributed by atoms with Crippen molar-refractivity contribution in [2.24, 2.45) is 0 Å². The summed E-state index contributed by atoms with van der Waals surface area (Å²) in [5, 5.41) is 17.7. The van der Waals surface area contributed by atoms with E-state index >= 15 is 0 Å². The predicted molar refractivity (Wildman–Crippen MR) is 43.7 cm³/mol. The van der Waals surface area contributed by atoms with E-state index in [1.807, 2.05) is 0 Å².